The normalized spacial score (nSPS) is 13.2. The van der Waals surface area contributed by atoms with E-state index >= 15 is 0 Å². The summed E-state index contributed by atoms with van der Waals surface area (Å²) in [4.78, 5) is 0. The lowest BCUT2D eigenvalue weighted by molar-refractivity contribution is 0.439. The summed E-state index contributed by atoms with van der Waals surface area (Å²) < 4.78 is 0. The van der Waals surface area contributed by atoms with E-state index in [-0.39, 0.29) is 0 Å². The van der Waals surface area contributed by atoms with Crippen LogP contribution in [0.5, 0.6) is 0 Å². The van der Waals surface area contributed by atoms with Crippen molar-refractivity contribution in [2.24, 2.45) is 0 Å². The van der Waals surface area contributed by atoms with E-state index < -0.39 is 0 Å². The lowest BCUT2D eigenvalue weighted by Crippen LogP contribution is -2.44. The van der Waals surface area contributed by atoms with E-state index in [0.717, 1.165) is 38.2 Å². The van der Waals surface area contributed by atoms with Crippen molar-refractivity contribution in [1.82, 2.24) is 16.2 Å². The second kappa shape index (κ2) is 13.5. The van der Waals surface area contributed by atoms with Crippen LogP contribution >= 0.6 is 0 Å². The molecule has 132 valence electrons. The van der Waals surface area contributed by atoms with Gasteiger partial charge < -0.3 is 10.6 Å². The number of anilines is 1. The molecule has 1 rings (SSSR count). The fourth-order valence-corrected chi connectivity index (χ4v) is 2.31. The van der Waals surface area contributed by atoms with Crippen LogP contribution in [0.1, 0.15) is 19.8 Å². The molecule has 0 unspecified atom stereocenters. The molecule has 0 bridgehead atoms. The summed E-state index contributed by atoms with van der Waals surface area (Å²) >= 11 is 0. The predicted octanol–water partition coefficient (Wildman–Crippen LogP) is 3.25. The van der Waals surface area contributed by atoms with E-state index in [9.17, 15) is 0 Å². The molecular formula is C20H32N4. The number of para-hydroxylation sites is 1. The highest BCUT2D eigenvalue weighted by Gasteiger charge is 2.05. The van der Waals surface area contributed by atoms with Crippen molar-refractivity contribution in [2.45, 2.75) is 25.8 Å². The Morgan fingerprint density at radius 1 is 1.17 bits per heavy atom. The van der Waals surface area contributed by atoms with Gasteiger partial charge in [0.1, 0.15) is 0 Å². The van der Waals surface area contributed by atoms with Crippen molar-refractivity contribution < 1.29 is 0 Å². The van der Waals surface area contributed by atoms with Crippen LogP contribution in [-0.2, 0) is 0 Å². The monoisotopic (exact) mass is 328 g/mol. The van der Waals surface area contributed by atoms with E-state index in [1.807, 2.05) is 37.4 Å². The SMILES string of the molecule is C=C/C=C\C(=C/C)CC[C@@H](CNNCCNc1ccccc1)NC. The Morgan fingerprint density at radius 2 is 1.96 bits per heavy atom. The van der Waals surface area contributed by atoms with Gasteiger partial charge in [-0.1, -0.05) is 54.7 Å². The summed E-state index contributed by atoms with van der Waals surface area (Å²) in [5, 5.41) is 6.74. The zero-order valence-corrected chi connectivity index (χ0v) is 15.0. The maximum atomic E-state index is 3.71. The van der Waals surface area contributed by atoms with Gasteiger partial charge in [-0.25, -0.2) is 0 Å². The first-order valence-corrected chi connectivity index (χ1v) is 8.66. The molecule has 4 heteroatoms. The summed E-state index contributed by atoms with van der Waals surface area (Å²) in [5.41, 5.74) is 9.06. The molecule has 0 fully saturated rings. The maximum Gasteiger partial charge on any atom is 0.0340 e. The van der Waals surface area contributed by atoms with E-state index in [4.69, 9.17) is 0 Å². The maximum absolute atomic E-state index is 3.71. The topological polar surface area (TPSA) is 48.1 Å². The second-order valence-corrected chi connectivity index (χ2v) is 5.58. The Labute approximate surface area is 147 Å². The molecule has 1 aromatic rings. The first kappa shape index (κ1) is 20.2. The van der Waals surface area contributed by atoms with Crippen molar-refractivity contribution in [2.75, 3.05) is 32.0 Å². The van der Waals surface area contributed by atoms with Gasteiger partial charge in [0.05, 0.1) is 0 Å². The highest BCUT2D eigenvalue weighted by atomic mass is 15.4. The van der Waals surface area contributed by atoms with Crippen LogP contribution in [0.2, 0.25) is 0 Å². The largest absolute Gasteiger partial charge is 0.384 e. The summed E-state index contributed by atoms with van der Waals surface area (Å²) in [5.74, 6) is 0. The van der Waals surface area contributed by atoms with Crippen LogP contribution in [0.15, 0.2) is 66.8 Å². The van der Waals surface area contributed by atoms with Crippen LogP contribution in [0.25, 0.3) is 0 Å². The van der Waals surface area contributed by atoms with Crippen molar-refractivity contribution in [1.29, 1.82) is 0 Å². The van der Waals surface area contributed by atoms with Crippen molar-refractivity contribution >= 4 is 5.69 Å². The van der Waals surface area contributed by atoms with Crippen molar-refractivity contribution in [3.63, 3.8) is 0 Å². The molecule has 1 atom stereocenters. The predicted molar refractivity (Wildman–Crippen MR) is 106 cm³/mol. The third-order valence-corrected chi connectivity index (χ3v) is 3.83. The Kier molecular flexibility index (Phi) is 11.4. The van der Waals surface area contributed by atoms with Gasteiger partial charge in [-0.15, -0.1) is 0 Å². The molecule has 0 saturated carbocycles. The second-order valence-electron chi connectivity index (χ2n) is 5.58. The average Bonchev–Trinajstić information content (AvgIpc) is 2.63. The lowest BCUT2D eigenvalue weighted by atomic mass is 10.0. The minimum absolute atomic E-state index is 0.437. The van der Waals surface area contributed by atoms with Gasteiger partial charge >= 0.3 is 0 Å². The van der Waals surface area contributed by atoms with Gasteiger partial charge in [-0.3, -0.25) is 10.9 Å². The number of hydrogen-bond donors (Lipinski definition) is 4. The molecule has 0 aliphatic carbocycles. The number of benzene rings is 1. The minimum Gasteiger partial charge on any atom is -0.384 e. The summed E-state index contributed by atoms with van der Waals surface area (Å²) in [6, 6.07) is 10.7. The number of rotatable bonds is 13. The highest BCUT2D eigenvalue weighted by Crippen LogP contribution is 2.09. The van der Waals surface area contributed by atoms with Crippen LogP contribution in [0, 0.1) is 0 Å². The molecule has 4 N–H and O–H groups in total. The summed E-state index contributed by atoms with van der Waals surface area (Å²) in [6.45, 7) is 8.44. The molecule has 0 radical (unpaired) electrons. The first-order chi connectivity index (χ1) is 11.8. The molecule has 0 aromatic heterocycles. The van der Waals surface area contributed by atoms with Crippen LogP contribution < -0.4 is 21.5 Å². The summed E-state index contributed by atoms with van der Waals surface area (Å²) in [7, 11) is 2.01. The number of hydrogen-bond acceptors (Lipinski definition) is 4. The molecule has 0 aliphatic rings. The van der Waals surface area contributed by atoms with E-state index in [2.05, 4.69) is 59.3 Å². The van der Waals surface area contributed by atoms with E-state index in [1.165, 1.54) is 5.57 Å². The van der Waals surface area contributed by atoms with Crippen LogP contribution in [-0.4, -0.2) is 32.7 Å². The molecular weight excluding hydrogens is 296 g/mol. The Balaban J connectivity index is 2.13. The van der Waals surface area contributed by atoms with E-state index in [0.29, 0.717) is 6.04 Å². The van der Waals surface area contributed by atoms with Gasteiger partial charge in [-0.05, 0) is 38.9 Å². The smallest absolute Gasteiger partial charge is 0.0340 e. The van der Waals surface area contributed by atoms with Gasteiger partial charge in [0.25, 0.3) is 0 Å². The third kappa shape index (κ3) is 9.30. The highest BCUT2D eigenvalue weighted by molar-refractivity contribution is 5.42. The first-order valence-electron chi connectivity index (χ1n) is 8.66. The van der Waals surface area contributed by atoms with Crippen molar-refractivity contribution in [3.8, 4) is 0 Å². The Bertz CT molecular complexity index is 494. The van der Waals surface area contributed by atoms with E-state index in [1.54, 1.807) is 0 Å². The number of allylic oxidation sites excluding steroid dienone is 5. The number of hydrazine groups is 1. The molecule has 0 saturated heterocycles. The third-order valence-electron chi connectivity index (χ3n) is 3.83. The Hall–Kier alpha value is -1.88. The lowest BCUT2D eigenvalue weighted by Gasteiger charge is -2.18. The summed E-state index contributed by atoms with van der Waals surface area (Å²) in [6.07, 6.45) is 10.2. The van der Waals surface area contributed by atoms with Gasteiger partial charge in [0, 0.05) is 31.4 Å². The zero-order valence-electron chi connectivity index (χ0n) is 15.0. The van der Waals surface area contributed by atoms with Crippen LogP contribution in [0.3, 0.4) is 0 Å². The molecule has 1 aromatic carbocycles. The minimum atomic E-state index is 0.437. The van der Waals surface area contributed by atoms with Crippen LogP contribution in [0.4, 0.5) is 5.69 Å². The fraction of sp³-hybridized carbons (Fsp3) is 0.400. The molecule has 4 nitrogen and oxygen atoms in total. The fourth-order valence-electron chi connectivity index (χ4n) is 2.31. The molecule has 24 heavy (non-hydrogen) atoms. The molecule has 0 heterocycles. The van der Waals surface area contributed by atoms with Gasteiger partial charge in [-0.2, -0.15) is 0 Å². The van der Waals surface area contributed by atoms with Gasteiger partial charge in [0.2, 0.25) is 0 Å². The molecule has 0 amide bonds. The van der Waals surface area contributed by atoms with Gasteiger partial charge in [0.15, 0.2) is 0 Å². The number of likely N-dealkylation sites (N-methyl/N-ethyl adjacent to an activating group) is 1. The Morgan fingerprint density at radius 3 is 2.62 bits per heavy atom. The quantitative estimate of drug-likeness (QED) is 0.255. The molecule has 0 spiro atoms. The average molecular weight is 329 g/mol. The molecule has 0 aliphatic heterocycles. The zero-order chi connectivity index (χ0) is 17.5. The van der Waals surface area contributed by atoms with Crippen molar-refractivity contribution in [3.05, 3.63) is 66.8 Å². The number of nitrogens with one attached hydrogen (secondary N) is 4. The standard InChI is InChI=1S/C20H32N4/c1-4-6-10-18(5-2)13-14-20(21-3)17-24-23-16-15-22-19-11-8-7-9-12-19/h4-12,20-24H,1,13-17H2,2-3H3/b10-6-,18-5+/t20-/m0/s1.